The molecule has 0 aromatic heterocycles. The summed E-state index contributed by atoms with van der Waals surface area (Å²) in [6, 6.07) is 15.0. The molecule has 2 aliphatic carbocycles. The van der Waals surface area contributed by atoms with Crippen LogP contribution in [-0.2, 0) is 17.8 Å². The van der Waals surface area contributed by atoms with Gasteiger partial charge in [0.15, 0.2) is 0 Å². The van der Waals surface area contributed by atoms with Gasteiger partial charge in [-0.05, 0) is 54.2 Å². The van der Waals surface area contributed by atoms with Crippen molar-refractivity contribution in [2.75, 3.05) is 7.11 Å². The van der Waals surface area contributed by atoms with E-state index >= 15 is 0 Å². The predicted octanol–water partition coefficient (Wildman–Crippen LogP) is 5.41. The molecule has 0 spiro atoms. The van der Waals surface area contributed by atoms with Crippen LogP contribution in [0.5, 0.6) is 5.75 Å². The van der Waals surface area contributed by atoms with Crippen molar-refractivity contribution in [2.24, 2.45) is 5.92 Å². The molecule has 1 fully saturated rings. The fourth-order valence-electron chi connectivity index (χ4n) is 3.99. The molecule has 2 nitrogen and oxygen atoms in total. The standard InChI is InChI=1S/C22H26O2/c1-15(17-8-9-17)19-12-10-18-11-13-20(23-2)21(18)22(19)24-14-16-6-4-3-5-7-16/h3-7,10,12,15,17,20H,8-9,11,13-14H2,1-2H3. The molecular formula is C22H26O2. The van der Waals surface area contributed by atoms with Crippen molar-refractivity contribution in [3.8, 4) is 5.75 Å². The summed E-state index contributed by atoms with van der Waals surface area (Å²) in [4.78, 5) is 0. The van der Waals surface area contributed by atoms with E-state index < -0.39 is 0 Å². The van der Waals surface area contributed by atoms with E-state index in [1.807, 2.05) is 13.2 Å². The first-order valence-corrected chi connectivity index (χ1v) is 9.13. The van der Waals surface area contributed by atoms with Gasteiger partial charge in [-0.15, -0.1) is 0 Å². The normalized spacial score (nSPS) is 20.7. The van der Waals surface area contributed by atoms with E-state index in [9.17, 15) is 0 Å². The van der Waals surface area contributed by atoms with E-state index in [2.05, 4.69) is 43.3 Å². The number of fused-ring (bicyclic) bond motifs is 1. The second kappa shape index (κ2) is 6.60. The summed E-state index contributed by atoms with van der Waals surface area (Å²) < 4.78 is 12.2. The number of hydrogen-bond donors (Lipinski definition) is 0. The highest BCUT2D eigenvalue weighted by Gasteiger charge is 2.34. The zero-order valence-electron chi connectivity index (χ0n) is 14.6. The van der Waals surface area contributed by atoms with Crippen LogP contribution in [0.25, 0.3) is 0 Å². The lowest BCUT2D eigenvalue weighted by Gasteiger charge is -2.22. The van der Waals surface area contributed by atoms with Crippen LogP contribution in [0.1, 0.15) is 60.5 Å². The number of hydrogen-bond acceptors (Lipinski definition) is 2. The van der Waals surface area contributed by atoms with Crippen LogP contribution in [0.4, 0.5) is 0 Å². The van der Waals surface area contributed by atoms with Crippen molar-refractivity contribution in [1.82, 2.24) is 0 Å². The Morgan fingerprint density at radius 2 is 1.83 bits per heavy atom. The van der Waals surface area contributed by atoms with Gasteiger partial charge in [0.25, 0.3) is 0 Å². The van der Waals surface area contributed by atoms with Crippen LogP contribution < -0.4 is 4.74 Å². The Bertz CT molecular complexity index is 703. The van der Waals surface area contributed by atoms with Crippen LogP contribution in [0.3, 0.4) is 0 Å². The summed E-state index contributed by atoms with van der Waals surface area (Å²) in [6.45, 7) is 2.98. The molecule has 2 heteroatoms. The van der Waals surface area contributed by atoms with Gasteiger partial charge >= 0.3 is 0 Å². The predicted molar refractivity (Wildman–Crippen MR) is 96.4 cm³/mol. The van der Waals surface area contributed by atoms with Crippen LogP contribution in [-0.4, -0.2) is 7.11 Å². The van der Waals surface area contributed by atoms with Crippen molar-refractivity contribution >= 4 is 0 Å². The molecule has 2 aromatic carbocycles. The topological polar surface area (TPSA) is 18.5 Å². The van der Waals surface area contributed by atoms with Crippen LogP contribution in [0.15, 0.2) is 42.5 Å². The quantitative estimate of drug-likeness (QED) is 0.707. The first-order valence-electron chi connectivity index (χ1n) is 9.13. The molecule has 1 saturated carbocycles. The summed E-state index contributed by atoms with van der Waals surface area (Å²) >= 11 is 0. The molecule has 2 unspecified atom stereocenters. The lowest BCUT2D eigenvalue weighted by atomic mass is 9.91. The molecule has 0 N–H and O–H groups in total. The summed E-state index contributed by atoms with van der Waals surface area (Å²) in [5, 5.41) is 0. The molecule has 0 bridgehead atoms. The second-order valence-electron chi connectivity index (χ2n) is 7.22. The van der Waals surface area contributed by atoms with Crippen molar-refractivity contribution in [2.45, 2.75) is 51.2 Å². The first-order chi connectivity index (χ1) is 11.8. The highest BCUT2D eigenvalue weighted by Crippen LogP contribution is 2.49. The van der Waals surface area contributed by atoms with Crippen LogP contribution in [0.2, 0.25) is 0 Å². The number of aryl methyl sites for hydroxylation is 1. The minimum Gasteiger partial charge on any atom is -0.488 e. The number of ether oxygens (including phenoxy) is 2. The summed E-state index contributed by atoms with van der Waals surface area (Å²) in [6.07, 6.45) is 5.04. The third kappa shape index (κ3) is 2.95. The number of methoxy groups -OCH3 is 1. The van der Waals surface area contributed by atoms with E-state index in [1.54, 1.807) is 0 Å². The SMILES string of the molecule is COC1CCc2ccc(C(C)C3CC3)c(OCc3ccccc3)c21. The molecule has 126 valence electrons. The molecule has 0 aliphatic heterocycles. The Balaban J connectivity index is 1.69. The van der Waals surface area contributed by atoms with Crippen molar-refractivity contribution in [3.05, 3.63) is 64.7 Å². The Labute approximate surface area is 144 Å². The zero-order chi connectivity index (χ0) is 16.5. The van der Waals surface area contributed by atoms with Gasteiger partial charge in [0, 0.05) is 12.7 Å². The van der Waals surface area contributed by atoms with E-state index in [-0.39, 0.29) is 6.10 Å². The lowest BCUT2D eigenvalue weighted by Crippen LogP contribution is -2.08. The molecule has 2 atom stereocenters. The molecule has 0 saturated heterocycles. The average Bonchev–Trinajstić information content (AvgIpc) is 3.39. The fourth-order valence-corrected chi connectivity index (χ4v) is 3.99. The molecule has 0 heterocycles. The largest absolute Gasteiger partial charge is 0.488 e. The van der Waals surface area contributed by atoms with Gasteiger partial charge in [0.05, 0.1) is 6.10 Å². The van der Waals surface area contributed by atoms with E-state index in [1.165, 1.54) is 35.1 Å². The zero-order valence-corrected chi connectivity index (χ0v) is 14.6. The van der Waals surface area contributed by atoms with Crippen molar-refractivity contribution in [3.63, 3.8) is 0 Å². The maximum Gasteiger partial charge on any atom is 0.129 e. The summed E-state index contributed by atoms with van der Waals surface area (Å²) in [5.74, 6) is 2.49. The fraction of sp³-hybridized carbons (Fsp3) is 0.455. The van der Waals surface area contributed by atoms with Crippen molar-refractivity contribution < 1.29 is 9.47 Å². The van der Waals surface area contributed by atoms with Gasteiger partial charge in [-0.3, -0.25) is 0 Å². The molecule has 2 aromatic rings. The monoisotopic (exact) mass is 322 g/mol. The minimum absolute atomic E-state index is 0.178. The van der Waals surface area contributed by atoms with Crippen LogP contribution in [0, 0.1) is 5.92 Å². The van der Waals surface area contributed by atoms with Gasteiger partial charge in [-0.25, -0.2) is 0 Å². The van der Waals surface area contributed by atoms with E-state index in [4.69, 9.17) is 9.47 Å². The van der Waals surface area contributed by atoms with Gasteiger partial charge in [-0.1, -0.05) is 49.4 Å². The molecule has 0 amide bonds. The molecule has 0 radical (unpaired) electrons. The molecule has 4 rings (SSSR count). The first kappa shape index (κ1) is 15.7. The van der Waals surface area contributed by atoms with Crippen LogP contribution >= 0.6 is 0 Å². The van der Waals surface area contributed by atoms with Crippen molar-refractivity contribution in [1.29, 1.82) is 0 Å². The molecule has 2 aliphatic rings. The lowest BCUT2D eigenvalue weighted by molar-refractivity contribution is 0.101. The third-order valence-corrected chi connectivity index (χ3v) is 5.64. The third-order valence-electron chi connectivity index (χ3n) is 5.64. The Morgan fingerprint density at radius 1 is 1.04 bits per heavy atom. The smallest absolute Gasteiger partial charge is 0.129 e. The highest BCUT2D eigenvalue weighted by atomic mass is 16.5. The maximum absolute atomic E-state index is 6.42. The Kier molecular flexibility index (Phi) is 4.32. The maximum atomic E-state index is 6.42. The minimum atomic E-state index is 0.178. The second-order valence-corrected chi connectivity index (χ2v) is 7.22. The van der Waals surface area contributed by atoms with E-state index in [0.717, 1.165) is 24.5 Å². The highest BCUT2D eigenvalue weighted by molar-refractivity contribution is 5.52. The summed E-state index contributed by atoms with van der Waals surface area (Å²) in [5.41, 5.74) is 5.29. The Hall–Kier alpha value is -1.80. The number of benzene rings is 2. The van der Waals surface area contributed by atoms with Gasteiger partial charge < -0.3 is 9.47 Å². The summed E-state index contributed by atoms with van der Waals surface area (Å²) in [7, 11) is 1.82. The van der Waals surface area contributed by atoms with E-state index in [0.29, 0.717) is 12.5 Å². The molecular weight excluding hydrogens is 296 g/mol. The molecule has 24 heavy (non-hydrogen) atoms. The van der Waals surface area contributed by atoms with Gasteiger partial charge in [0.1, 0.15) is 12.4 Å². The van der Waals surface area contributed by atoms with Gasteiger partial charge in [0.2, 0.25) is 0 Å². The van der Waals surface area contributed by atoms with Gasteiger partial charge in [-0.2, -0.15) is 0 Å². The number of rotatable bonds is 6. The Morgan fingerprint density at radius 3 is 2.54 bits per heavy atom. The average molecular weight is 322 g/mol.